The summed E-state index contributed by atoms with van der Waals surface area (Å²) in [5.74, 6) is -1.68. The van der Waals surface area contributed by atoms with E-state index in [1.165, 1.54) is 18.2 Å². The average Bonchev–Trinajstić information content (AvgIpc) is 3.05. The second kappa shape index (κ2) is 7.68. The summed E-state index contributed by atoms with van der Waals surface area (Å²) in [6, 6.07) is 5.82. The molecule has 1 N–H and O–H groups in total. The lowest BCUT2D eigenvalue weighted by atomic mass is 10.3. The van der Waals surface area contributed by atoms with Crippen molar-refractivity contribution in [3.8, 4) is 0 Å². The minimum absolute atomic E-state index is 0.0105. The Morgan fingerprint density at radius 2 is 1.88 bits per heavy atom. The Bertz CT molecular complexity index is 867. The maximum absolute atomic E-state index is 11.8. The van der Waals surface area contributed by atoms with E-state index in [0.717, 1.165) is 12.1 Å². The molecule has 2 aromatic rings. The predicted octanol–water partition coefficient (Wildman–Crippen LogP) is 3.01. The summed E-state index contributed by atoms with van der Waals surface area (Å²) in [5, 5.41) is 23.4. The van der Waals surface area contributed by atoms with Crippen LogP contribution in [-0.4, -0.2) is 28.3 Å². The molecule has 12 heteroatoms. The van der Waals surface area contributed by atoms with Gasteiger partial charge in [0.1, 0.15) is 4.88 Å². The topological polar surface area (TPSA) is 142 Å². The number of anilines is 1. The number of nitrogens with one attached hydrogen (secondary N) is 1. The molecule has 1 amide bonds. The van der Waals surface area contributed by atoms with Crippen molar-refractivity contribution in [2.24, 2.45) is 0 Å². The summed E-state index contributed by atoms with van der Waals surface area (Å²) in [6.45, 7) is -0.691. The molecule has 1 heterocycles. The van der Waals surface area contributed by atoms with Gasteiger partial charge in [-0.15, -0.1) is 0 Å². The van der Waals surface area contributed by atoms with E-state index in [4.69, 9.17) is 16.3 Å². The van der Waals surface area contributed by atoms with E-state index in [1.807, 2.05) is 0 Å². The Labute approximate surface area is 148 Å². The first-order valence-electron chi connectivity index (χ1n) is 6.43. The highest BCUT2D eigenvalue weighted by Gasteiger charge is 2.18. The van der Waals surface area contributed by atoms with Crippen molar-refractivity contribution in [2.75, 3.05) is 11.9 Å². The van der Waals surface area contributed by atoms with E-state index < -0.39 is 28.3 Å². The molecule has 0 bridgehead atoms. The summed E-state index contributed by atoms with van der Waals surface area (Å²) >= 11 is 6.44. The molecule has 0 spiro atoms. The van der Waals surface area contributed by atoms with Crippen molar-refractivity contribution >= 4 is 51.2 Å². The minimum atomic E-state index is -0.904. The van der Waals surface area contributed by atoms with Crippen molar-refractivity contribution in [1.82, 2.24) is 0 Å². The number of non-ortho nitro benzene ring substituents is 1. The molecule has 2 rings (SSSR count). The zero-order valence-electron chi connectivity index (χ0n) is 12.1. The number of carbonyl (C=O) groups excluding carboxylic acids is 2. The zero-order valence-corrected chi connectivity index (χ0v) is 13.7. The molecule has 0 aliphatic rings. The summed E-state index contributed by atoms with van der Waals surface area (Å²) in [5.41, 5.74) is -0.286. The quantitative estimate of drug-likeness (QED) is 0.457. The Morgan fingerprint density at radius 3 is 2.48 bits per heavy atom. The molecule has 1 aromatic carbocycles. The van der Waals surface area contributed by atoms with Crippen LogP contribution in [0, 0.1) is 20.2 Å². The van der Waals surface area contributed by atoms with Gasteiger partial charge in [-0.05, 0) is 12.1 Å². The highest BCUT2D eigenvalue weighted by atomic mass is 35.5. The third-order valence-corrected chi connectivity index (χ3v) is 4.09. The van der Waals surface area contributed by atoms with Crippen LogP contribution in [0.3, 0.4) is 0 Å². The molecule has 0 aliphatic heterocycles. The largest absolute Gasteiger partial charge is 0.451 e. The fourth-order valence-electron chi connectivity index (χ4n) is 1.65. The summed E-state index contributed by atoms with van der Waals surface area (Å²) < 4.78 is 4.73. The van der Waals surface area contributed by atoms with Gasteiger partial charge in [-0.2, -0.15) is 0 Å². The third-order valence-electron chi connectivity index (χ3n) is 2.74. The van der Waals surface area contributed by atoms with E-state index in [9.17, 15) is 29.8 Å². The summed E-state index contributed by atoms with van der Waals surface area (Å²) in [6.07, 6.45) is 0. The van der Waals surface area contributed by atoms with Gasteiger partial charge < -0.3 is 10.1 Å². The molecule has 10 nitrogen and oxygen atoms in total. The van der Waals surface area contributed by atoms with Gasteiger partial charge >= 0.3 is 11.0 Å². The van der Waals surface area contributed by atoms with Gasteiger partial charge in [0.2, 0.25) is 0 Å². The number of halogens is 1. The molecular formula is C13H8ClN3O7S. The standard InChI is InChI=1S/C13H8ClN3O7S/c14-8-2-1-7(16(20)21)5-9(8)15-11(18)6-24-13(19)10-3-4-12(25-10)17(22)23/h1-5H,6H2,(H,15,18). The highest BCUT2D eigenvalue weighted by Crippen LogP contribution is 2.27. The molecule has 0 radical (unpaired) electrons. The molecular weight excluding hydrogens is 378 g/mol. The number of hydrogen-bond donors (Lipinski definition) is 1. The number of amides is 1. The lowest BCUT2D eigenvalue weighted by molar-refractivity contribution is -0.384. The molecule has 0 atom stereocenters. The Balaban J connectivity index is 1.96. The van der Waals surface area contributed by atoms with Gasteiger partial charge in [-0.3, -0.25) is 25.0 Å². The third kappa shape index (κ3) is 4.71. The number of nitrogens with zero attached hydrogens (tertiary/aromatic N) is 2. The van der Waals surface area contributed by atoms with Gasteiger partial charge in [0, 0.05) is 18.2 Å². The molecule has 25 heavy (non-hydrogen) atoms. The Morgan fingerprint density at radius 1 is 1.16 bits per heavy atom. The zero-order chi connectivity index (χ0) is 18.6. The first-order valence-corrected chi connectivity index (χ1v) is 7.62. The molecule has 1 aromatic heterocycles. The maximum Gasteiger partial charge on any atom is 0.349 e. The van der Waals surface area contributed by atoms with E-state index in [0.29, 0.717) is 11.3 Å². The highest BCUT2D eigenvalue weighted by molar-refractivity contribution is 7.17. The molecule has 0 unspecified atom stereocenters. The second-order valence-corrected chi connectivity index (χ2v) is 5.91. The number of benzene rings is 1. The lowest BCUT2D eigenvalue weighted by Gasteiger charge is -2.07. The van der Waals surface area contributed by atoms with Crippen LogP contribution < -0.4 is 5.32 Å². The number of esters is 1. The van der Waals surface area contributed by atoms with E-state index >= 15 is 0 Å². The van der Waals surface area contributed by atoms with Crippen LogP contribution >= 0.6 is 22.9 Å². The molecule has 0 saturated heterocycles. The van der Waals surface area contributed by atoms with Gasteiger partial charge in [0.25, 0.3) is 11.6 Å². The number of thiophene rings is 1. The predicted molar refractivity (Wildman–Crippen MR) is 88.0 cm³/mol. The van der Waals surface area contributed by atoms with Crippen LogP contribution in [0.2, 0.25) is 5.02 Å². The van der Waals surface area contributed by atoms with E-state index in [-0.39, 0.29) is 26.3 Å². The van der Waals surface area contributed by atoms with Gasteiger partial charge in [0.15, 0.2) is 6.61 Å². The van der Waals surface area contributed by atoms with Gasteiger partial charge in [0.05, 0.1) is 20.6 Å². The van der Waals surface area contributed by atoms with Crippen LogP contribution in [0.4, 0.5) is 16.4 Å². The van der Waals surface area contributed by atoms with Crippen LogP contribution in [0.15, 0.2) is 30.3 Å². The number of rotatable bonds is 6. The van der Waals surface area contributed by atoms with Crippen molar-refractivity contribution < 1.29 is 24.2 Å². The monoisotopic (exact) mass is 385 g/mol. The van der Waals surface area contributed by atoms with Gasteiger partial charge in [-0.1, -0.05) is 22.9 Å². The Kier molecular flexibility index (Phi) is 5.62. The van der Waals surface area contributed by atoms with E-state index in [2.05, 4.69) is 5.32 Å². The Hall–Kier alpha value is -3.05. The smallest absolute Gasteiger partial charge is 0.349 e. The van der Waals surface area contributed by atoms with Crippen molar-refractivity contribution in [3.05, 3.63) is 60.5 Å². The van der Waals surface area contributed by atoms with Crippen LogP contribution in [-0.2, 0) is 9.53 Å². The first kappa shape index (κ1) is 18.3. The first-order chi connectivity index (χ1) is 11.8. The molecule has 0 saturated carbocycles. The maximum atomic E-state index is 11.8. The van der Waals surface area contributed by atoms with Crippen LogP contribution in [0.25, 0.3) is 0 Å². The fourth-order valence-corrected chi connectivity index (χ4v) is 2.53. The van der Waals surface area contributed by atoms with Crippen LogP contribution in [0.1, 0.15) is 9.67 Å². The number of hydrogen-bond acceptors (Lipinski definition) is 8. The van der Waals surface area contributed by atoms with Crippen molar-refractivity contribution in [2.45, 2.75) is 0 Å². The fraction of sp³-hybridized carbons (Fsp3) is 0.0769. The van der Waals surface area contributed by atoms with E-state index in [1.54, 1.807) is 0 Å². The number of nitro groups is 2. The second-order valence-electron chi connectivity index (χ2n) is 4.44. The van der Waals surface area contributed by atoms with Crippen molar-refractivity contribution in [1.29, 1.82) is 0 Å². The minimum Gasteiger partial charge on any atom is -0.451 e. The number of carbonyl (C=O) groups is 2. The normalized spacial score (nSPS) is 10.1. The molecule has 0 aliphatic carbocycles. The van der Waals surface area contributed by atoms with Crippen molar-refractivity contribution in [3.63, 3.8) is 0 Å². The van der Waals surface area contributed by atoms with Gasteiger partial charge in [-0.25, -0.2) is 4.79 Å². The lowest BCUT2D eigenvalue weighted by Crippen LogP contribution is -2.20. The summed E-state index contributed by atoms with van der Waals surface area (Å²) in [4.78, 5) is 43.4. The molecule has 0 fully saturated rings. The average molecular weight is 386 g/mol. The molecule has 130 valence electrons. The van der Waals surface area contributed by atoms with Crippen LogP contribution in [0.5, 0.6) is 0 Å². The number of ether oxygens (including phenoxy) is 1. The summed E-state index contributed by atoms with van der Waals surface area (Å²) in [7, 11) is 0. The number of nitro benzene ring substituents is 1. The SMILES string of the molecule is O=C(COC(=O)c1ccc([N+](=O)[O-])s1)Nc1cc([N+](=O)[O-])ccc1Cl.